The summed E-state index contributed by atoms with van der Waals surface area (Å²) in [6.45, 7) is 0.614. The molecule has 0 aliphatic carbocycles. The minimum atomic E-state index is 0.00690. The summed E-state index contributed by atoms with van der Waals surface area (Å²) in [6.07, 6.45) is 2.98. The summed E-state index contributed by atoms with van der Waals surface area (Å²) in [4.78, 5) is 16.9. The van der Waals surface area contributed by atoms with E-state index >= 15 is 0 Å². The highest BCUT2D eigenvalue weighted by Gasteiger charge is 2.09. The van der Waals surface area contributed by atoms with Crippen molar-refractivity contribution in [2.45, 2.75) is 23.7 Å². The quantitative estimate of drug-likeness (QED) is 0.252. The Morgan fingerprint density at radius 1 is 1.14 bits per heavy atom. The number of hydrogen-bond acceptors (Lipinski definition) is 5. The van der Waals surface area contributed by atoms with E-state index in [-0.39, 0.29) is 5.91 Å². The lowest BCUT2D eigenvalue weighted by Gasteiger charge is -2.09. The number of rotatable bonds is 8. The highest BCUT2D eigenvalue weighted by atomic mass is 79.9. The predicted octanol–water partition coefficient (Wildman–Crippen LogP) is 5.81. The Kier molecular flexibility index (Phi) is 6.63. The third-order valence-electron chi connectivity index (χ3n) is 4.28. The lowest BCUT2D eigenvalue weighted by Crippen LogP contribution is -2.16. The Balaban J connectivity index is 1.24. The zero-order chi connectivity index (χ0) is 20.1. The molecule has 0 fully saturated rings. The molecule has 1 amide bonds. The van der Waals surface area contributed by atoms with Crippen LogP contribution in [-0.4, -0.2) is 26.4 Å². The topological polar surface area (TPSA) is 59.8 Å². The van der Waals surface area contributed by atoms with Crippen molar-refractivity contribution in [3.05, 3.63) is 70.8 Å². The molecule has 0 radical (unpaired) electrons. The van der Waals surface area contributed by atoms with Gasteiger partial charge in [0.1, 0.15) is 5.82 Å². The van der Waals surface area contributed by atoms with Crippen molar-refractivity contribution in [1.82, 2.24) is 14.8 Å². The van der Waals surface area contributed by atoms with Crippen LogP contribution in [0.2, 0.25) is 0 Å². The summed E-state index contributed by atoms with van der Waals surface area (Å²) in [7, 11) is 0. The number of aromatic nitrogens is 3. The number of amides is 1. The van der Waals surface area contributed by atoms with Crippen LogP contribution in [0.25, 0.3) is 10.2 Å². The number of thiazole rings is 1. The van der Waals surface area contributed by atoms with Crippen LogP contribution < -0.4 is 5.32 Å². The molecule has 0 bridgehead atoms. The molecule has 0 unspecified atom stereocenters. The molecular weight excluding hydrogens is 468 g/mol. The Bertz CT molecular complexity index is 1070. The van der Waals surface area contributed by atoms with Gasteiger partial charge in [0.2, 0.25) is 5.91 Å². The van der Waals surface area contributed by atoms with Gasteiger partial charge >= 0.3 is 0 Å². The first kappa shape index (κ1) is 20.1. The maximum atomic E-state index is 12.3. The minimum absolute atomic E-state index is 0.00690. The maximum absolute atomic E-state index is 12.3. The number of fused-ring (bicyclic) bond motifs is 1. The number of nitrogens with one attached hydrogen (secondary N) is 1. The summed E-state index contributed by atoms with van der Waals surface area (Å²) in [6, 6.07) is 18.0. The van der Waals surface area contributed by atoms with E-state index in [1.54, 1.807) is 34.0 Å². The van der Waals surface area contributed by atoms with Crippen molar-refractivity contribution in [1.29, 1.82) is 0 Å². The van der Waals surface area contributed by atoms with Crippen LogP contribution in [0.5, 0.6) is 0 Å². The SMILES string of the molecule is O=C(CCCSc1nc2ccccc2s1)Nc1ccnn1Cc1ccc(Br)cc1. The van der Waals surface area contributed by atoms with Crippen molar-refractivity contribution in [2.75, 3.05) is 11.1 Å². The van der Waals surface area contributed by atoms with Gasteiger partial charge in [0.15, 0.2) is 4.34 Å². The van der Waals surface area contributed by atoms with Crippen LogP contribution in [-0.2, 0) is 11.3 Å². The maximum Gasteiger partial charge on any atom is 0.225 e. The highest BCUT2D eigenvalue weighted by molar-refractivity contribution is 9.10. The molecule has 0 saturated heterocycles. The number of halogens is 1. The number of anilines is 1. The van der Waals surface area contributed by atoms with E-state index in [9.17, 15) is 4.79 Å². The Hall–Kier alpha value is -2.16. The van der Waals surface area contributed by atoms with Gasteiger partial charge in [0, 0.05) is 22.7 Å². The van der Waals surface area contributed by atoms with Crippen molar-refractivity contribution in [3.8, 4) is 0 Å². The van der Waals surface area contributed by atoms with Gasteiger partial charge in [0.25, 0.3) is 0 Å². The lowest BCUT2D eigenvalue weighted by molar-refractivity contribution is -0.116. The molecule has 2 aromatic heterocycles. The fourth-order valence-corrected chi connectivity index (χ4v) is 5.18. The number of carbonyl (C=O) groups excluding carboxylic acids is 1. The highest BCUT2D eigenvalue weighted by Crippen LogP contribution is 2.29. The number of para-hydroxylation sites is 1. The first-order valence-corrected chi connectivity index (χ1v) is 11.8. The van der Waals surface area contributed by atoms with Crippen molar-refractivity contribution < 1.29 is 4.79 Å². The smallest absolute Gasteiger partial charge is 0.225 e. The molecule has 4 rings (SSSR count). The molecule has 8 heteroatoms. The fourth-order valence-electron chi connectivity index (χ4n) is 2.84. The first-order valence-electron chi connectivity index (χ1n) is 9.22. The second-order valence-corrected chi connectivity index (χ2v) is 9.74. The molecule has 1 N–H and O–H groups in total. The van der Waals surface area contributed by atoms with Crippen LogP contribution in [0.3, 0.4) is 0 Å². The lowest BCUT2D eigenvalue weighted by atomic mass is 10.2. The molecule has 2 aromatic carbocycles. The Morgan fingerprint density at radius 3 is 2.79 bits per heavy atom. The standard InChI is InChI=1S/C21H19BrN4OS2/c22-16-9-7-15(8-10-16)14-26-19(11-12-23-26)25-20(27)6-3-13-28-21-24-17-4-1-2-5-18(17)29-21/h1-2,4-5,7-12H,3,6,13-14H2,(H,25,27). The summed E-state index contributed by atoms with van der Waals surface area (Å²) in [5, 5.41) is 7.30. The van der Waals surface area contributed by atoms with Crippen molar-refractivity contribution in [2.24, 2.45) is 0 Å². The van der Waals surface area contributed by atoms with E-state index in [4.69, 9.17) is 0 Å². The molecule has 0 aliphatic heterocycles. The zero-order valence-corrected chi connectivity index (χ0v) is 18.8. The van der Waals surface area contributed by atoms with E-state index in [1.165, 1.54) is 4.70 Å². The first-order chi connectivity index (χ1) is 14.2. The minimum Gasteiger partial charge on any atom is -0.311 e. The van der Waals surface area contributed by atoms with Crippen LogP contribution >= 0.6 is 39.0 Å². The van der Waals surface area contributed by atoms with Gasteiger partial charge in [-0.25, -0.2) is 9.67 Å². The molecule has 0 atom stereocenters. The number of benzene rings is 2. The zero-order valence-electron chi connectivity index (χ0n) is 15.5. The van der Waals surface area contributed by atoms with E-state index in [2.05, 4.69) is 37.4 Å². The molecule has 29 heavy (non-hydrogen) atoms. The van der Waals surface area contributed by atoms with Crippen molar-refractivity contribution >= 4 is 61.0 Å². The third kappa shape index (κ3) is 5.46. The normalized spacial score (nSPS) is 11.1. The molecule has 0 saturated carbocycles. The van der Waals surface area contributed by atoms with Gasteiger partial charge in [-0.2, -0.15) is 5.10 Å². The van der Waals surface area contributed by atoms with Crippen LogP contribution in [0.1, 0.15) is 18.4 Å². The molecule has 148 valence electrons. The van der Waals surface area contributed by atoms with Gasteiger partial charge in [-0.05, 0) is 36.2 Å². The van der Waals surface area contributed by atoms with Crippen LogP contribution in [0.15, 0.2) is 69.6 Å². The fraction of sp³-hybridized carbons (Fsp3) is 0.190. The monoisotopic (exact) mass is 486 g/mol. The van der Waals surface area contributed by atoms with Gasteiger partial charge in [-0.15, -0.1) is 11.3 Å². The largest absolute Gasteiger partial charge is 0.311 e. The molecule has 2 heterocycles. The Labute approximate surface area is 185 Å². The third-order valence-corrected chi connectivity index (χ3v) is 7.07. The number of thioether (sulfide) groups is 1. The van der Waals surface area contributed by atoms with Gasteiger partial charge in [-0.1, -0.05) is 52.0 Å². The Morgan fingerprint density at radius 2 is 1.97 bits per heavy atom. The second kappa shape index (κ2) is 9.56. The molecule has 0 spiro atoms. The number of nitrogens with zero attached hydrogens (tertiary/aromatic N) is 3. The second-order valence-electron chi connectivity index (χ2n) is 6.45. The van der Waals surface area contributed by atoms with Gasteiger partial charge in [-0.3, -0.25) is 4.79 Å². The molecule has 4 aromatic rings. The predicted molar refractivity (Wildman–Crippen MR) is 124 cm³/mol. The van der Waals surface area contributed by atoms with E-state index in [0.717, 1.165) is 37.9 Å². The molecular formula is C21H19BrN4OS2. The average Bonchev–Trinajstić information content (AvgIpc) is 3.33. The van der Waals surface area contributed by atoms with Crippen molar-refractivity contribution in [3.63, 3.8) is 0 Å². The van der Waals surface area contributed by atoms with Gasteiger partial charge in [0.05, 0.1) is 23.0 Å². The molecule has 0 aliphatic rings. The van der Waals surface area contributed by atoms with E-state index < -0.39 is 0 Å². The van der Waals surface area contributed by atoms with E-state index in [1.807, 2.05) is 48.5 Å². The summed E-state index contributed by atoms with van der Waals surface area (Å²) >= 11 is 6.85. The number of hydrogen-bond donors (Lipinski definition) is 1. The summed E-state index contributed by atoms with van der Waals surface area (Å²) in [5.41, 5.74) is 2.16. The molecule has 5 nitrogen and oxygen atoms in total. The number of carbonyl (C=O) groups is 1. The average molecular weight is 487 g/mol. The van der Waals surface area contributed by atoms with E-state index in [0.29, 0.717) is 13.0 Å². The van der Waals surface area contributed by atoms with Crippen LogP contribution in [0.4, 0.5) is 5.82 Å². The van der Waals surface area contributed by atoms with Gasteiger partial charge < -0.3 is 5.32 Å². The summed E-state index contributed by atoms with van der Waals surface area (Å²) < 4.78 is 5.10. The summed E-state index contributed by atoms with van der Waals surface area (Å²) in [5.74, 6) is 1.59. The van der Waals surface area contributed by atoms with Crippen LogP contribution in [0, 0.1) is 0 Å².